The summed E-state index contributed by atoms with van der Waals surface area (Å²) in [7, 11) is 0. The first kappa shape index (κ1) is 8.82. The predicted octanol–water partition coefficient (Wildman–Crippen LogP) is 2.77. The highest BCUT2D eigenvalue weighted by molar-refractivity contribution is 6.14. The maximum atomic E-state index is 12.3. The van der Waals surface area contributed by atoms with E-state index in [1.807, 2.05) is 53.4 Å². The van der Waals surface area contributed by atoms with Crippen molar-refractivity contribution in [1.29, 1.82) is 0 Å². The van der Waals surface area contributed by atoms with Crippen LogP contribution >= 0.6 is 0 Å². The molecule has 0 radical (unpaired) electrons. The fourth-order valence-electron chi connectivity index (χ4n) is 2.66. The van der Waals surface area contributed by atoms with Gasteiger partial charge in [0.2, 0.25) is 0 Å². The molecule has 1 amide bonds. The lowest BCUT2D eigenvalue weighted by atomic mass is 10.1. The van der Waals surface area contributed by atoms with Crippen molar-refractivity contribution in [2.24, 2.45) is 0 Å². The maximum absolute atomic E-state index is 12.3. The first-order valence-corrected chi connectivity index (χ1v) is 5.64. The van der Waals surface area contributed by atoms with E-state index in [2.05, 4.69) is 5.32 Å². The minimum atomic E-state index is -0.0314. The Bertz CT molecular complexity index is 636. The number of rotatable bonds is 0. The Morgan fingerprint density at radius 3 is 2.71 bits per heavy atom. The quantitative estimate of drug-likeness (QED) is 0.743. The van der Waals surface area contributed by atoms with Crippen molar-refractivity contribution in [2.45, 2.75) is 6.17 Å². The van der Waals surface area contributed by atoms with E-state index < -0.39 is 0 Å². The largest absolute Gasteiger partial charge is 0.359 e. The van der Waals surface area contributed by atoms with Gasteiger partial charge in [-0.3, -0.25) is 9.69 Å². The highest BCUT2D eigenvalue weighted by Crippen LogP contribution is 2.46. The Kier molecular flexibility index (Phi) is 1.50. The number of amides is 1. The van der Waals surface area contributed by atoms with Gasteiger partial charge in [-0.25, -0.2) is 0 Å². The number of nitrogens with one attached hydrogen (secondary N) is 1. The molecule has 17 heavy (non-hydrogen) atoms. The molecule has 1 N–H and O–H groups in total. The molecule has 4 rings (SSSR count). The molecule has 0 saturated heterocycles. The van der Waals surface area contributed by atoms with Crippen LogP contribution in [0.2, 0.25) is 0 Å². The van der Waals surface area contributed by atoms with E-state index in [-0.39, 0.29) is 12.1 Å². The van der Waals surface area contributed by atoms with Crippen molar-refractivity contribution in [3.63, 3.8) is 0 Å². The van der Waals surface area contributed by atoms with Gasteiger partial charge in [-0.05, 0) is 18.2 Å². The van der Waals surface area contributed by atoms with Crippen LogP contribution in [-0.4, -0.2) is 5.91 Å². The van der Waals surface area contributed by atoms with Gasteiger partial charge in [0.05, 0.1) is 11.4 Å². The van der Waals surface area contributed by atoms with Crippen molar-refractivity contribution in [1.82, 2.24) is 0 Å². The van der Waals surface area contributed by atoms with E-state index in [9.17, 15) is 4.79 Å². The number of anilines is 2. The monoisotopic (exact) mass is 222 g/mol. The lowest BCUT2D eigenvalue weighted by Gasteiger charge is -2.15. The third-order valence-corrected chi connectivity index (χ3v) is 3.42. The molecule has 0 saturated carbocycles. The Morgan fingerprint density at radius 1 is 1.00 bits per heavy atom. The van der Waals surface area contributed by atoms with Crippen LogP contribution in [-0.2, 0) is 0 Å². The second-order valence-corrected chi connectivity index (χ2v) is 4.33. The molecule has 2 aliphatic rings. The zero-order chi connectivity index (χ0) is 11.4. The average Bonchev–Trinajstić information content (AvgIpc) is 2.88. The summed E-state index contributed by atoms with van der Waals surface area (Å²) in [4.78, 5) is 14.2. The molecule has 2 aromatic rings. The first-order chi connectivity index (χ1) is 8.36. The number of fused-ring (bicyclic) bond motifs is 5. The van der Waals surface area contributed by atoms with Crippen LogP contribution in [0.1, 0.15) is 22.1 Å². The zero-order valence-electron chi connectivity index (χ0n) is 9.05. The standard InChI is InChI=1S/C14H10N2O/c17-14-10-6-2-1-5-9(10)13-15-11-7-3-4-8-12(11)16(13)14/h1-8,13,15H/t13-/m0/s1. The third-order valence-electron chi connectivity index (χ3n) is 3.42. The molecular formula is C14H10N2O. The molecule has 2 aromatic carbocycles. The number of benzene rings is 2. The Morgan fingerprint density at radius 2 is 1.76 bits per heavy atom. The van der Waals surface area contributed by atoms with Crippen LogP contribution in [0.3, 0.4) is 0 Å². The molecule has 1 atom stereocenters. The van der Waals surface area contributed by atoms with Gasteiger partial charge in [-0.15, -0.1) is 0 Å². The number of nitrogens with zero attached hydrogens (tertiary/aromatic N) is 1. The Labute approximate surface area is 98.7 Å². The molecular weight excluding hydrogens is 212 g/mol. The summed E-state index contributed by atoms with van der Waals surface area (Å²) in [5, 5.41) is 3.39. The Hall–Kier alpha value is -2.29. The second kappa shape index (κ2) is 2.88. The highest BCUT2D eigenvalue weighted by atomic mass is 16.2. The van der Waals surface area contributed by atoms with Crippen molar-refractivity contribution in [3.05, 3.63) is 59.7 Å². The topological polar surface area (TPSA) is 32.3 Å². The van der Waals surface area contributed by atoms with Crippen molar-refractivity contribution >= 4 is 17.3 Å². The Balaban J connectivity index is 1.94. The molecule has 82 valence electrons. The van der Waals surface area contributed by atoms with E-state index in [0.29, 0.717) is 0 Å². The molecule has 0 aliphatic carbocycles. The fraction of sp³-hybridized carbons (Fsp3) is 0.0714. The molecule has 0 bridgehead atoms. The van der Waals surface area contributed by atoms with Gasteiger partial charge < -0.3 is 5.32 Å². The van der Waals surface area contributed by atoms with Crippen molar-refractivity contribution in [3.8, 4) is 0 Å². The fourth-order valence-corrected chi connectivity index (χ4v) is 2.66. The molecule has 0 unspecified atom stereocenters. The van der Waals surface area contributed by atoms with E-state index in [1.165, 1.54) is 0 Å². The summed E-state index contributed by atoms with van der Waals surface area (Å²) >= 11 is 0. The number of para-hydroxylation sites is 2. The van der Waals surface area contributed by atoms with Gasteiger partial charge in [0.15, 0.2) is 0 Å². The predicted molar refractivity (Wildman–Crippen MR) is 66.1 cm³/mol. The number of hydrogen-bond donors (Lipinski definition) is 1. The number of hydrogen-bond acceptors (Lipinski definition) is 2. The van der Waals surface area contributed by atoms with Crippen LogP contribution < -0.4 is 10.2 Å². The number of carbonyl (C=O) groups excluding carboxylic acids is 1. The van der Waals surface area contributed by atoms with E-state index in [4.69, 9.17) is 0 Å². The van der Waals surface area contributed by atoms with E-state index >= 15 is 0 Å². The molecule has 2 heterocycles. The average molecular weight is 222 g/mol. The van der Waals surface area contributed by atoms with Gasteiger partial charge in [-0.1, -0.05) is 30.3 Å². The summed E-state index contributed by atoms with van der Waals surface area (Å²) in [5.41, 5.74) is 3.87. The second-order valence-electron chi connectivity index (χ2n) is 4.33. The molecule has 2 aliphatic heterocycles. The zero-order valence-corrected chi connectivity index (χ0v) is 9.05. The van der Waals surface area contributed by atoms with Gasteiger partial charge in [0, 0.05) is 11.1 Å². The van der Waals surface area contributed by atoms with Gasteiger partial charge in [-0.2, -0.15) is 0 Å². The van der Waals surface area contributed by atoms with Crippen LogP contribution in [0.25, 0.3) is 0 Å². The maximum Gasteiger partial charge on any atom is 0.260 e. The smallest absolute Gasteiger partial charge is 0.260 e. The SMILES string of the molecule is O=C1c2ccccc2[C@H]2Nc3ccccc3N12. The summed E-state index contributed by atoms with van der Waals surface area (Å²) in [6, 6.07) is 15.7. The minimum absolute atomic E-state index is 0.0314. The van der Waals surface area contributed by atoms with Gasteiger partial charge in [0.25, 0.3) is 5.91 Å². The van der Waals surface area contributed by atoms with Crippen molar-refractivity contribution < 1.29 is 4.79 Å². The third kappa shape index (κ3) is 0.984. The van der Waals surface area contributed by atoms with Gasteiger partial charge in [0.1, 0.15) is 6.17 Å². The molecule has 0 aromatic heterocycles. The van der Waals surface area contributed by atoms with Crippen LogP contribution in [0.15, 0.2) is 48.5 Å². The molecule has 0 spiro atoms. The molecule has 0 fully saturated rings. The summed E-state index contributed by atoms with van der Waals surface area (Å²) < 4.78 is 0. The van der Waals surface area contributed by atoms with Crippen LogP contribution in [0, 0.1) is 0 Å². The first-order valence-electron chi connectivity index (χ1n) is 5.64. The van der Waals surface area contributed by atoms with Crippen LogP contribution in [0.5, 0.6) is 0 Å². The minimum Gasteiger partial charge on any atom is -0.359 e. The van der Waals surface area contributed by atoms with Crippen LogP contribution in [0.4, 0.5) is 11.4 Å². The summed E-state index contributed by atoms with van der Waals surface area (Å²) in [6.45, 7) is 0. The van der Waals surface area contributed by atoms with Crippen molar-refractivity contribution in [2.75, 3.05) is 10.2 Å². The highest BCUT2D eigenvalue weighted by Gasteiger charge is 2.42. The van der Waals surface area contributed by atoms with Gasteiger partial charge >= 0.3 is 0 Å². The lowest BCUT2D eigenvalue weighted by Crippen LogP contribution is -2.25. The molecule has 3 nitrogen and oxygen atoms in total. The summed E-state index contributed by atoms with van der Waals surface area (Å²) in [6.07, 6.45) is -0.0314. The molecule has 3 heteroatoms. The lowest BCUT2D eigenvalue weighted by molar-refractivity contribution is 0.0994. The normalized spacial score (nSPS) is 19.6. The van der Waals surface area contributed by atoms with E-state index in [1.54, 1.807) is 0 Å². The summed E-state index contributed by atoms with van der Waals surface area (Å²) in [5.74, 6) is 0.0862. The number of carbonyl (C=O) groups is 1. The van der Waals surface area contributed by atoms with E-state index in [0.717, 1.165) is 22.5 Å².